The van der Waals surface area contributed by atoms with E-state index in [1.165, 1.54) is 6.92 Å². The molecule has 0 aliphatic heterocycles. The van der Waals surface area contributed by atoms with Gasteiger partial charge in [0.2, 0.25) is 0 Å². The van der Waals surface area contributed by atoms with Crippen molar-refractivity contribution < 1.29 is 19.1 Å². The fourth-order valence-electron chi connectivity index (χ4n) is 3.91. The Balaban J connectivity index is 1.56. The number of nitriles is 1. The van der Waals surface area contributed by atoms with Crippen LogP contribution < -0.4 is 5.32 Å². The number of amides is 1. The zero-order valence-electron chi connectivity index (χ0n) is 14.7. The number of carbonyl (C=O) groups excluding carboxylic acids is 3. The summed E-state index contributed by atoms with van der Waals surface area (Å²) in [6, 6.07) is 8.54. The van der Waals surface area contributed by atoms with Crippen molar-refractivity contribution in [1.29, 1.82) is 5.26 Å². The molecule has 1 N–H and O–H groups in total. The molecule has 3 rings (SSSR count). The lowest BCUT2D eigenvalue weighted by Gasteiger charge is -2.36. The van der Waals surface area contributed by atoms with Gasteiger partial charge in [0.05, 0.1) is 17.6 Å². The highest BCUT2D eigenvalue weighted by Gasteiger charge is 2.42. The molecule has 1 unspecified atom stereocenters. The van der Waals surface area contributed by atoms with E-state index in [1.807, 2.05) is 6.07 Å². The Morgan fingerprint density at radius 3 is 2.62 bits per heavy atom. The number of rotatable bonds is 4. The standard InChI is InChI=1S/C20H22N2O4/c1-12(19(24)22-17-7-2-4-13(8-17)11-21)26-20(25)16-9-14-5-3-6-15(10-16)18(14)23/h2,4,7-8,12,14-16H,3,5-6,9-10H2,1H3,(H,22,24)/t12-,14-,15+,16?/m1/s1. The summed E-state index contributed by atoms with van der Waals surface area (Å²) in [6.45, 7) is 1.52. The van der Waals surface area contributed by atoms with E-state index in [0.29, 0.717) is 29.9 Å². The minimum absolute atomic E-state index is 0.0297. The molecule has 0 spiro atoms. The smallest absolute Gasteiger partial charge is 0.309 e. The molecular formula is C20H22N2O4. The van der Waals surface area contributed by atoms with Crippen LogP contribution >= 0.6 is 0 Å². The van der Waals surface area contributed by atoms with Crippen molar-refractivity contribution in [3.05, 3.63) is 29.8 Å². The van der Waals surface area contributed by atoms with E-state index < -0.39 is 18.0 Å². The van der Waals surface area contributed by atoms with E-state index in [0.717, 1.165) is 19.3 Å². The molecule has 0 radical (unpaired) electrons. The molecule has 0 saturated heterocycles. The second-order valence-electron chi connectivity index (χ2n) is 7.16. The first-order chi connectivity index (χ1) is 12.5. The Bertz CT molecular complexity index is 751. The van der Waals surface area contributed by atoms with Crippen LogP contribution in [0.25, 0.3) is 0 Å². The summed E-state index contributed by atoms with van der Waals surface area (Å²) in [4.78, 5) is 36.8. The monoisotopic (exact) mass is 354 g/mol. The molecule has 4 atom stereocenters. The highest BCUT2D eigenvalue weighted by atomic mass is 16.5. The molecular weight excluding hydrogens is 332 g/mol. The predicted octanol–water partition coefficient (Wildman–Crippen LogP) is 2.82. The van der Waals surface area contributed by atoms with Gasteiger partial charge in [-0.05, 0) is 50.8 Å². The van der Waals surface area contributed by atoms with E-state index in [2.05, 4.69) is 5.32 Å². The Morgan fingerprint density at radius 1 is 1.27 bits per heavy atom. The van der Waals surface area contributed by atoms with Crippen molar-refractivity contribution in [2.75, 3.05) is 5.32 Å². The van der Waals surface area contributed by atoms with Crippen molar-refractivity contribution in [1.82, 2.24) is 0 Å². The maximum absolute atomic E-state index is 12.4. The summed E-state index contributed by atoms with van der Waals surface area (Å²) in [7, 11) is 0. The average molecular weight is 354 g/mol. The number of ketones is 1. The molecule has 6 heteroatoms. The average Bonchev–Trinajstić information content (AvgIpc) is 2.61. The van der Waals surface area contributed by atoms with Gasteiger partial charge in [-0.2, -0.15) is 5.26 Å². The molecule has 2 fully saturated rings. The van der Waals surface area contributed by atoms with Crippen LogP contribution in [-0.4, -0.2) is 23.8 Å². The topological polar surface area (TPSA) is 96.3 Å². The number of esters is 1. The fourth-order valence-corrected chi connectivity index (χ4v) is 3.91. The largest absolute Gasteiger partial charge is 0.452 e. The molecule has 1 aromatic rings. The number of nitrogens with one attached hydrogen (secondary N) is 1. The highest BCUT2D eigenvalue weighted by Crippen LogP contribution is 2.40. The normalized spacial score (nSPS) is 25.7. The first kappa shape index (κ1) is 18.1. The third-order valence-electron chi connectivity index (χ3n) is 5.30. The third kappa shape index (κ3) is 3.93. The summed E-state index contributed by atoms with van der Waals surface area (Å²) in [5, 5.41) is 11.5. The highest BCUT2D eigenvalue weighted by molar-refractivity contribution is 5.95. The van der Waals surface area contributed by atoms with Gasteiger partial charge in [0.15, 0.2) is 6.10 Å². The lowest BCUT2D eigenvalue weighted by Crippen LogP contribution is -2.41. The Kier molecular flexibility index (Phi) is 5.36. The van der Waals surface area contributed by atoms with Crippen LogP contribution in [0.2, 0.25) is 0 Å². The second-order valence-corrected chi connectivity index (χ2v) is 7.16. The Hall–Kier alpha value is -2.68. The Labute approximate surface area is 152 Å². The number of benzene rings is 1. The molecule has 0 heterocycles. The molecule has 1 aromatic carbocycles. The van der Waals surface area contributed by atoms with Crippen LogP contribution in [-0.2, 0) is 19.1 Å². The number of carbonyl (C=O) groups is 3. The van der Waals surface area contributed by atoms with E-state index in [1.54, 1.807) is 24.3 Å². The van der Waals surface area contributed by atoms with Crippen LogP contribution in [0.5, 0.6) is 0 Å². The van der Waals surface area contributed by atoms with Crippen LogP contribution in [0.4, 0.5) is 5.69 Å². The predicted molar refractivity (Wildman–Crippen MR) is 93.9 cm³/mol. The molecule has 2 bridgehead atoms. The first-order valence-corrected chi connectivity index (χ1v) is 9.03. The van der Waals surface area contributed by atoms with Crippen LogP contribution in [0, 0.1) is 29.1 Å². The number of nitrogens with zero attached hydrogens (tertiary/aromatic N) is 1. The summed E-state index contributed by atoms with van der Waals surface area (Å²) in [5.74, 6) is -0.914. The maximum Gasteiger partial charge on any atom is 0.309 e. The summed E-state index contributed by atoms with van der Waals surface area (Å²) >= 11 is 0. The van der Waals surface area contributed by atoms with Gasteiger partial charge in [-0.25, -0.2) is 0 Å². The molecule has 2 aliphatic rings. The van der Waals surface area contributed by atoms with Gasteiger partial charge in [-0.3, -0.25) is 14.4 Å². The number of anilines is 1. The number of hydrogen-bond acceptors (Lipinski definition) is 5. The lowest BCUT2D eigenvalue weighted by molar-refractivity contribution is -0.161. The zero-order chi connectivity index (χ0) is 18.7. The molecule has 0 aromatic heterocycles. The number of hydrogen-bond donors (Lipinski definition) is 1. The molecule has 2 saturated carbocycles. The van der Waals surface area contributed by atoms with Crippen LogP contribution in [0.3, 0.4) is 0 Å². The molecule has 2 aliphatic carbocycles. The van der Waals surface area contributed by atoms with Gasteiger partial charge in [0, 0.05) is 17.5 Å². The van der Waals surface area contributed by atoms with Gasteiger partial charge in [0.25, 0.3) is 5.91 Å². The summed E-state index contributed by atoms with van der Waals surface area (Å²) in [6.07, 6.45) is 2.88. The van der Waals surface area contributed by atoms with Gasteiger partial charge >= 0.3 is 5.97 Å². The summed E-state index contributed by atoms with van der Waals surface area (Å²) < 4.78 is 5.35. The quantitative estimate of drug-likeness (QED) is 0.839. The van der Waals surface area contributed by atoms with Gasteiger partial charge in [0.1, 0.15) is 5.78 Å². The van der Waals surface area contributed by atoms with Gasteiger partial charge in [-0.15, -0.1) is 0 Å². The van der Waals surface area contributed by atoms with Crippen molar-refractivity contribution in [2.24, 2.45) is 17.8 Å². The Morgan fingerprint density at radius 2 is 1.96 bits per heavy atom. The first-order valence-electron chi connectivity index (χ1n) is 9.03. The minimum Gasteiger partial charge on any atom is -0.452 e. The van der Waals surface area contributed by atoms with Crippen molar-refractivity contribution in [3.8, 4) is 6.07 Å². The van der Waals surface area contributed by atoms with Crippen molar-refractivity contribution in [2.45, 2.75) is 45.1 Å². The molecule has 136 valence electrons. The maximum atomic E-state index is 12.4. The lowest BCUT2D eigenvalue weighted by atomic mass is 9.67. The molecule has 26 heavy (non-hydrogen) atoms. The van der Waals surface area contributed by atoms with Gasteiger partial charge in [-0.1, -0.05) is 12.5 Å². The van der Waals surface area contributed by atoms with Crippen LogP contribution in [0.1, 0.15) is 44.6 Å². The van der Waals surface area contributed by atoms with Crippen molar-refractivity contribution in [3.63, 3.8) is 0 Å². The zero-order valence-corrected chi connectivity index (χ0v) is 14.7. The SMILES string of the molecule is C[C@@H](OC(=O)C1C[C@H]2CCC[C@@H](C1)C2=O)C(=O)Nc1cccc(C#N)c1. The van der Waals surface area contributed by atoms with Crippen molar-refractivity contribution >= 4 is 23.3 Å². The number of fused-ring (bicyclic) bond motifs is 2. The fraction of sp³-hybridized carbons (Fsp3) is 0.500. The van der Waals surface area contributed by atoms with E-state index in [-0.39, 0.29) is 17.8 Å². The van der Waals surface area contributed by atoms with E-state index >= 15 is 0 Å². The third-order valence-corrected chi connectivity index (χ3v) is 5.30. The molecule has 6 nitrogen and oxygen atoms in total. The van der Waals surface area contributed by atoms with Gasteiger partial charge < -0.3 is 10.1 Å². The summed E-state index contributed by atoms with van der Waals surface area (Å²) in [5.41, 5.74) is 0.917. The second kappa shape index (κ2) is 7.69. The number of Topliss-reactive ketones (excluding diaryl/α,β-unsaturated/α-hetero) is 1. The number of ether oxygens (including phenoxy) is 1. The van der Waals surface area contributed by atoms with Crippen LogP contribution in [0.15, 0.2) is 24.3 Å². The minimum atomic E-state index is -0.939. The molecule has 1 amide bonds. The van der Waals surface area contributed by atoms with E-state index in [4.69, 9.17) is 10.00 Å². The van der Waals surface area contributed by atoms with E-state index in [9.17, 15) is 14.4 Å².